The van der Waals surface area contributed by atoms with Crippen molar-refractivity contribution in [2.45, 2.75) is 6.55 Å². The average Bonchev–Trinajstić information content (AvgIpc) is 2.76. The summed E-state index contributed by atoms with van der Waals surface area (Å²) in [7, 11) is 0. The van der Waals surface area contributed by atoms with Crippen LogP contribution in [0.2, 0.25) is 5.02 Å². The molecule has 0 saturated heterocycles. The van der Waals surface area contributed by atoms with E-state index >= 15 is 0 Å². The molecule has 0 fully saturated rings. The van der Waals surface area contributed by atoms with Gasteiger partial charge < -0.3 is 21.8 Å². The van der Waals surface area contributed by atoms with E-state index in [9.17, 15) is 8.78 Å². The van der Waals surface area contributed by atoms with Crippen LogP contribution in [0, 0.1) is 0 Å². The van der Waals surface area contributed by atoms with Gasteiger partial charge >= 0.3 is 6.55 Å². The maximum absolute atomic E-state index is 12.0. The summed E-state index contributed by atoms with van der Waals surface area (Å²) in [5.74, 6) is 0.219. The Hall–Kier alpha value is -2.42. The molecule has 20 heavy (non-hydrogen) atoms. The van der Waals surface area contributed by atoms with Crippen LogP contribution in [0.1, 0.15) is 0 Å². The van der Waals surface area contributed by atoms with Gasteiger partial charge in [0.25, 0.3) is 0 Å². The van der Waals surface area contributed by atoms with Crippen molar-refractivity contribution in [1.29, 1.82) is 0 Å². The van der Waals surface area contributed by atoms with Crippen LogP contribution in [0.5, 0.6) is 0 Å². The maximum Gasteiger partial charge on any atom is 0.331 e. The monoisotopic (exact) mass is 301 g/mol. The molecule has 10 heteroatoms. The molecule has 0 saturated carbocycles. The molecule has 106 valence electrons. The third-order valence-electron chi connectivity index (χ3n) is 2.27. The van der Waals surface area contributed by atoms with Gasteiger partial charge in [0.05, 0.1) is 22.3 Å². The first-order valence-corrected chi connectivity index (χ1v) is 5.69. The molecule has 0 aliphatic rings. The van der Waals surface area contributed by atoms with Gasteiger partial charge in [0.15, 0.2) is 0 Å². The molecule has 6 N–H and O–H groups in total. The number of anilines is 2. The van der Waals surface area contributed by atoms with Gasteiger partial charge in [-0.3, -0.25) is 0 Å². The van der Waals surface area contributed by atoms with Crippen LogP contribution >= 0.6 is 11.6 Å². The molecule has 0 aliphatic heterocycles. The lowest BCUT2D eigenvalue weighted by molar-refractivity contribution is 0.160. The van der Waals surface area contributed by atoms with Crippen LogP contribution in [0.25, 0.3) is 11.0 Å². The van der Waals surface area contributed by atoms with E-state index in [1.54, 1.807) is 0 Å². The van der Waals surface area contributed by atoms with Crippen LogP contribution in [0.15, 0.2) is 23.1 Å². The van der Waals surface area contributed by atoms with Crippen molar-refractivity contribution < 1.29 is 8.78 Å². The van der Waals surface area contributed by atoms with E-state index in [1.807, 2.05) is 0 Å². The van der Waals surface area contributed by atoms with E-state index in [2.05, 4.69) is 25.3 Å². The van der Waals surface area contributed by atoms with Crippen LogP contribution in [0.3, 0.4) is 0 Å². The number of aliphatic imine (C=N–C) groups is 1. The van der Waals surface area contributed by atoms with Gasteiger partial charge in [-0.05, 0) is 0 Å². The fraction of sp³-hybridized carbons (Fsp3) is 0.100. The largest absolute Gasteiger partial charge is 0.403 e. The number of hydrogen-bond acceptors (Lipinski definition) is 6. The van der Waals surface area contributed by atoms with E-state index in [-0.39, 0.29) is 17.5 Å². The Morgan fingerprint density at radius 2 is 2.25 bits per heavy atom. The van der Waals surface area contributed by atoms with E-state index in [1.165, 1.54) is 6.20 Å². The molecule has 0 radical (unpaired) electrons. The van der Waals surface area contributed by atoms with E-state index in [0.29, 0.717) is 16.1 Å². The second-order valence-electron chi connectivity index (χ2n) is 3.60. The summed E-state index contributed by atoms with van der Waals surface area (Å²) in [5.41, 5.74) is 11.5. The highest BCUT2D eigenvalue weighted by Crippen LogP contribution is 2.26. The number of fused-ring (bicyclic) bond motifs is 1. The Balaban J connectivity index is 2.30. The van der Waals surface area contributed by atoms with Gasteiger partial charge in [0.1, 0.15) is 11.5 Å². The zero-order valence-electron chi connectivity index (χ0n) is 9.94. The summed E-state index contributed by atoms with van der Waals surface area (Å²) in [6.45, 7) is -2.83. The van der Waals surface area contributed by atoms with Crippen molar-refractivity contribution in [2.75, 3.05) is 11.1 Å². The Bertz CT molecular complexity index is 680. The van der Waals surface area contributed by atoms with Crippen molar-refractivity contribution in [1.82, 2.24) is 15.0 Å². The summed E-state index contributed by atoms with van der Waals surface area (Å²) >= 11 is 5.90. The number of aromatic nitrogens is 3. The minimum absolute atomic E-state index is 0.0749. The Morgan fingerprint density at radius 1 is 1.50 bits per heavy atom. The second-order valence-corrected chi connectivity index (χ2v) is 4.00. The number of nitrogens with two attached hydrogens (primary N) is 2. The first kappa shape index (κ1) is 14.0. The Morgan fingerprint density at radius 3 is 2.90 bits per heavy atom. The minimum atomic E-state index is -2.83. The SMILES string of the molecule is NC=C(C=NC(F)F)Nc1nc(N)c2c(Cl)c[nH]c2n1. The summed E-state index contributed by atoms with van der Waals surface area (Å²) in [5, 5.41) is 3.48. The van der Waals surface area contributed by atoms with Crippen molar-refractivity contribution in [3.8, 4) is 0 Å². The van der Waals surface area contributed by atoms with E-state index < -0.39 is 6.55 Å². The number of hydrogen-bond donors (Lipinski definition) is 4. The molecule has 2 aromatic rings. The Kier molecular flexibility index (Phi) is 3.99. The molecule has 0 spiro atoms. The van der Waals surface area contributed by atoms with Gasteiger partial charge in [0.2, 0.25) is 5.95 Å². The molecular weight excluding hydrogens is 292 g/mol. The van der Waals surface area contributed by atoms with Crippen molar-refractivity contribution in [3.05, 3.63) is 23.1 Å². The quantitative estimate of drug-likeness (QED) is 0.506. The van der Waals surface area contributed by atoms with Gasteiger partial charge in [-0.25, -0.2) is 4.99 Å². The molecule has 0 aliphatic carbocycles. The lowest BCUT2D eigenvalue weighted by Gasteiger charge is -2.06. The number of nitrogens with one attached hydrogen (secondary N) is 2. The molecule has 2 rings (SSSR count). The second kappa shape index (κ2) is 5.70. The molecular formula is C10H10ClF2N7. The Labute approximate surface area is 116 Å². The van der Waals surface area contributed by atoms with Gasteiger partial charge in [0, 0.05) is 12.4 Å². The highest BCUT2D eigenvalue weighted by molar-refractivity contribution is 6.36. The molecule has 0 aromatic carbocycles. The van der Waals surface area contributed by atoms with Gasteiger partial charge in [-0.2, -0.15) is 18.7 Å². The maximum atomic E-state index is 12.0. The number of aromatic amines is 1. The fourth-order valence-electron chi connectivity index (χ4n) is 1.46. The standard InChI is InChI=1S/C10H10ClF2N7/c11-5-3-16-8-6(5)7(15)19-10(20-8)18-4(1-14)2-17-9(12)13/h1-3,9H,14H2,(H4,15,16,18,19,20). The fourth-order valence-corrected chi connectivity index (χ4v) is 1.70. The number of allylic oxidation sites excluding steroid dienone is 1. The third kappa shape index (κ3) is 2.94. The van der Waals surface area contributed by atoms with Crippen LogP contribution in [-0.2, 0) is 0 Å². The molecule has 0 bridgehead atoms. The number of halogens is 3. The van der Waals surface area contributed by atoms with E-state index in [4.69, 9.17) is 23.1 Å². The molecule has 0 atom stereocenters. The van der Waals surface area contributed by atoms with Crippen LogP contribution in [0.4, 0.5) is 20.5 Å². The number of nitrogens with zero attached hydrogens (tertiary/aromatic N) is 3. The molecule has 0 amide bonds. The molecule has 7 nitrogen and oxygen atoms in total. The number of alkyl halides is 2. The smallest absolute Gasteiger partial charge is 0.331 e. The third-order valence-corrected chi connectivity index (χ3v) is 2.57. The van der Waals surface area contributed by atoms with Crippen LogP contribution in [-0.4, -0.2) is 27.7 Å². The predicted octanol–water partition coefficient (Wildman–Crippen LogP) is 1.70. The highest BCUT2D eigenvalue weighted by atomic mass is 35.5. The highest BCUT2D eigenvalue weighted by Gasteiger charge is 2.10. The van der Waals surface area contributed by atoms with Gasteiger partial charge in [-0.15, -0.1) is 0 Å². The number of nitrogen functional groups attached to an aromatic ring is 1. The van der Waals surface area contributed by atoms with Gasteiger partial charge in [-0.1, -0.05) is 11.6 Å². The summed E-state index contributed by atoms with van der Waals surface area (Å²) in [6, 6.07) is 0. The summed E-state index contributed by atoms with van der Waals surface area (Å²) in [4.78, 5) is 13.7. The minimum Gasteiger partial charge on any atom is -0.403 e. The average molecular weight is 302 g/mol. The number of H-pyrrole nitrogens is 1. The zero-order chi connectivity index (χ0) is 14.7. The van der Waals surface area contributed by atoms with Crippen molar-refractivity contribution >= 4 is 40.6 Å². The molecule has 0 unspecified atom stereocenters. The first-order valence-electron chi connectivity index (χ1n) is 5.31. The molecule has 2 aromatic heterocycles. The molecule has 2 heterocycles. The summed E-state index contributed by atoms with van der Waals surface area (Å²) in [6.07, 6.45) is 3.44. The normalized spacial score (nSPS) is 12.7. The first-order chi connectivity index (χ1) is 9.51. The lowest BCUT2D eigenvalue weighted by atomic mass is 10.4. The topological polar surface area (TPSA) is 118 Å². The predicted molar refractivity (Wildman–Crippen MR) is 73.7 cm³/mol. The summed E-state index contributed by atoms with van der Waals surface area (Å²) < 4.78 is 24.0. The lowest BCUT2D eigenvalue weighted by Crippen LogP contribution is -2.09. The zero-order valence-corrected chi connectivity index (χ0v) is 10.7. The van der Waals surface area contributed by atoms with Crippen LogP contribution < -0.4 is 16.8 Å². The van der Waals surface area contributed by atoms with E-state index in [0.717, 1.165) is 12.4 Å². The van der Waals surface area contributed by atoms with Crippen molar-refractivity contribution in [2.24, 2.45) is 10.7 Å². The van der Waals surface area contributed by atoms with Crippen molar-refractivity contribution in [3.63, 3.8) is 0 Å². The number of rotatable bonds is 4.